The van der Waals surface area contributed by atoms with Gasteiger partial charge in [-0.05, 0) is 49.7 Å². The van der Waals surface area contributed by atoms with Crippen molar-refractivity contribution in [2.75, 3.05) is 33.5 Å². The minimum absolute atomic E-state index is 0.109. The first-order valence-electron chi connectivity index (χ1n) is 14.1. The molecule has 2 bridgehead atoms. The molecule has 4 rings (SSSR count). The Kier molecular flexibility index (Phi) is 10.9. The van der Waals surface area contributed by atoms with Crippen LogP contribution in [0, 0.1) is 16.7 Å². The molecule has 3 aliphatic rings. The summed E-state index contributed by atoms with van der Waals surface area (Å²) in [6.45, 7) is 10.1. The van der Waals surface area contributed by atoms with Crippen LogP contribution >= 0.6 is 11.6 Å². The van der Waals surface area contributed by atoms with Crippen molar-refractivity contribution in [3.63, 3.8) is 0 Å². The number of carbonyl (C=O) groups is 3. The summed E-state index contributed by atoms with van der Waals surface area (Å²) in [6.07, 6.45) is 1.44. The predicted molar refractivity (Wildman–Crippen MR) is 161 cm³/mol. The molecule has 0 aromatic heterocycles. The highest BCUT2D eigenvalue weighted by molar-refractivity contribution is 7.87. The molecule has 43 heavy (non-hydrogen) atoms. The zero-order valence-corrected chi connectivity index (χ0v) is 26.9. The molecule has 0 radical (unpaired) electrons. The monoisotopic (exact) mass is 640 g/mol. The number of ether oxygens (including phenoxy) is 3. The lowest BCUT2D eigenvalue weighted by Gasteiger charge is -2.32. The van der Waals surface area contributed by atoms with Gasteiger partial charge in [-0.3, -0.25) is 9.35 Å². The van der Waals surface area contributed by atoms with E-state index in [1.165, 1.54) is 7.11 Å². The number of ketones is 1. The number of rotatable bonds is 9. The molecule has 0 amide bonds. The Labute approximate surface area is 257 Å². The fourth-order valence-electron chi connectivity index (χ4n) is 6.46. The van der Waals surface area contributed by atoms with Crippen LogP contribution in [0.3, 0.4) is 0 Å². The lowest BCUT2D eigenvalue weighted by molar-refractivity contribution is -0.139. The van der Waals surface area contributed by atoms with Gasteiger partial charge in [-0.25, -0.2) is 9.59 Å². The molecule has 0 saturated heterocycles. The Balaban J connectivity index is 0.000000282. The van der Waals surface area contributed by atoms with Gasteiger partial charge in [0.1, 0.15) is 5.25 Å². The number of dihydropyridines is 1. The summed E-state index contributed by atoms with van der Waals surface area (Å²) in [6, 6.07) is 7.05. The quantitative estimate of drug-likeness (QED) is 0.205. The molecule has 4 unspecified atom stereocenters. The minimum Gasteiger partial charge on any atom is -0.466 e. The molecule has 13 heteroatoms. The summed E-state index contributed by atoms with van der Waals surface area (Å²) in [5.74, 6) is -2.40. The smallest absolute Gasteiger partial charge is 0.336 e. The molecule has 1 aromatic carbocycles. The standard InChI is InChI=1S/C20H25ClN2O5.C10H16O4S/c1-4-28-20(25)18-15(11-27-10-9-22)23-12(2)16(19(24)26-3)17(18)13-7-5-6-8-14(13)21;1-9(2)6-4-5-10(9,3)8(11)7(6)15(12,13)14/h5-8,17,23H,4,9-11,22H2,1-3H3;6-7H,4-5H2,1-3H3,(H,12,13,14). The Morgan fingerprint density at radius 2 is 1.81 bits per heavy atom. The van der Waals surface area contributed by atoms with E-state index >= 15 is 0 Å². The van der Waals surface area contributed by atoms with E-state index in [4.69, 9.17) is 36.1 Å². The number of hydrogen-bond donors (Lipinski definition) is 3. The fourth-order valence-corrected chi connectivity index (χ4v) is 8.13. The van der Waals surface area contributed by atoms with E-state index < -0.39 is 38.6 Å². The highest BCUT2D eigenvalue weighted by Crippen LogP contribution is 2.64. The molecule has 238 valence electrons. The summed E-state index contributed by atoms with van der Waals surface area (Å²) in [5, 5.41) is 2.33. The van der Waals surface area contributed by atoms with Crippen LogP contribution in [0.2, 0.25) is 5.02 Å². The van der Waals surface area contributed by atoms with Crippen molar-refractivity contribution in [1.29, 1.82) is 0 Å². The average molecular weight is 641 g/mol. The van der Waals surface area contributed by atoms with Crippen LogP contribution in [-0.4, -0.2) is 69.4 Å². The maximum atomic E-state index is 12.9. The molecule has 2 fully saturated rings. The van der Waals surface area contributed by atoms with Crippen molar-refractivity contribution in [2.45, 2.75) is 58.6 Å². The number of halogens is 1. The van der Waals surface area contributed by atoms with E-state index in [1.54, 1.807) is 38.1 Å². The molecule has 4 atom stereocenters. The SMILES string of the molecule is CC12CCC(C(S(=O)(=O)O)C1=O)C2(C)C.CCOC(=O)C1=C(COCCN)NC(C)=C(C(=O)OC)C1c1ccccc1Cl. The lowest BCUT2D eigenvalue weighted by Crippen LogP contribution is -2.38. The van der Waals surface area contributed by atoms with Crippen LogP contribution in [-0.2, 0) is 38.7 Å². The highest BCUT2D eigenvalue weighted by atomic mass is 35.5. The summed E-state index contributed by atoms with van der Waals surface area (Å²) in [7, 11) is -2.95. The number of allylic oxidation sites excluding steroid dienone is 1. The molecule has 2 aliphatic carbocycles. The molecule has 1 aliphatic heterocycles. The Morgan fingerprint density at radius 1 is 1.16 bits per heavy atom. The second kappa shape index (κ2) is 13.5. The van der Waals surface area contributed by atoms with Crippen LogP contribution in [0.1, 0.15) is 58.9 Å². The van der Waals surface area contributed by atoms with Gasteiger partial charge in [0.05, 0.1) is 49.7 Å². The number of esters is 2. The molecular weight excluding hydrogens is 600 g/mol. The number of nitrogens with two attached hydrogens (primary N) is 1. The molecule has 1 heterocycles. The van der Waals surface area contributed by atoms with Gasteiger partial charge in [-0.2, -0.15) is 8.42 Å². The number of methoxy groups -OCH3 is 1. The number of hydrogen-bond acceptors (Lipinski definition) is 10. The van der Waals surface area contributed by atoms with Gasteiger partial charge >= 0.3 is 11.9 Å². The minimum atomic E-state index is -4.24. The molecule has 0 spiro atoms. The van der Waals surface area contributed by atoms with Crippen molar-refractivity contribution in [2.24, 2.45) is 22.5 Å². The maximum absolute atomic E-state index is 12.9. The molecule has 11 nitrogen and oxygen atoms in total. The fraction of sp³-hybridized carbons (Fsp3) is 0.567. The first kappa shape index (κ1) is 34.7. The first-order chi connectivity index (χ1) is 20.1. The van der Waals surface area contributed by atoms with E-state index in [2.05, 4.69) is 5.32 Å². The van der Waals surface area contributed by atoms with Crippen molar-refractivity contribution < 1.29 is 41.6 Å². The van der Waals surface area contributed by atoms with Crippen molar-refractivity contribution in [3.05, 3.63) is 57.4 Å². The normalized spacial score (nSPS) is 26.1. The molecule has 2 saturated carbocycles. The lowest BCUT2D eigenvalue weighted by atomic mass is 9.70. The second-order valence-corrected chi connectivity index (χ2v) is 13.5. The third-order valence-corrected chi connectivity index (χ3v) is 10.6. The number of fused-ring (bicyclic) bond motifs is 2. The third kappa shape index (κ3) is 6.53. The third-order valence-electron chi connectivity index (χ3n) is 9.06. The van der Waals surface area contributed by atoms with Crippen molar-refractivity contribution in [1.82, 2.24) is 5.32 Å². The van der Waals surface area contributed by atoms with Crippen LogP contribution in [0.15, 0.2) is 46.8 Å². The maximum Gasteiger partial charge on any atom is 0.336 e. The summed E-state index contributed by atoms with van der Waals surface area (Å²) >= 11 is 6.42. The van der Waals surface area contributed by atoms with Gasteiger partial charge in [0.2, 0.25) is 0 Å². The van der Waals surface area contributed by atoms with Gasteiger partial charge in [0.15, 0.2) is 5.78 Å². The van der Waals surface area contributed by atoms with Gasteiger partial charge in [0.25, 0.3) is 10.1 Å². The number of carbonyl (C=O) groups excluding carboxylic acids is 3. The zero-order chi connectivity index (χ0) is 32.3. The molecular formula is C30H41ClN2O9S. The average Bonchev–Trinajstić information content (AvgIpc) is 3.25. The highest BCUT2D eigenvalue weighted by Gasteiger charge is 2.69. The van der Waals surface area contributed by atoms with E-state index in [9.17, 15) is 22.8 Å². The van der Waals surface area contributed by atoms with E-state index in [0.29, 0.717) is 47.1 Å². The second-order valence-electron chi connectivity index (χ2n) is 11.6. The van der Waals surface area contributed by atoms with Gasteiger partial charge in [0, 0.05) is 22.7 Å². The van der Waals surface area contributed by atoms with E-state index in [1.807, 2.05) is 20.8 Å². The van der Waals surface area contributed by atoms with Gasteiger partial charge in [-0.1, -0.05) is 50.6 Å². The van der Waals surface area contributed by atoms with Crippen LogP contribution < -0.4 is 11.1 Å². The van der Waals surface area contributed by atoms with Crippen LogP contribution in [0.5, 0.6) is 0 Å². The number of benzene rings is 1. The van der Waals surface area contributed by atoms with Crippen molar-refractivity contribution in [3.8, 4) is 0 Å². The Morgan fingerprint density at radius 3 is 2.30 bits per heavy atom. The molecule has 4 N–H and O–H groups in total. The van der Waals surface area contributed by atoms with Crippen LogP contribution in [0.25, 0.3) is 0 Å². The number of nitrogens with one attached hydrogen (secondary N) is 1. The van der Waals surface area contributed by atoms with Crippen LogP contribution in [0.4, 0.5) is 0 Å². The van der Waals surface area contributed by atoms with Gasteiger partial charge in [-0.15, -0.1) is 0 Å². The largest absolute Gasteiger partial charge is 0.466 e. The van der Waals surface area contributed by atoms with E-state index in [-0.39, 0.29) is 35.9 Å². The Hall–Kier alpha value is -2.77. The predicted octanol–water partition coefficient (Wildman–Crippen LogP) is 3.53. The van der Waals surface area contributed by atoms with Gasteiger partial charge < -0.3 is 25.3 Å². The number of Topliss-reactive ketones (excluding diaryl/α,β-unsaturated/α-hetero) is 1. The first-order valence-corrected chi connectivity index (χ1v) is 16.0. The molecule has 1 aromatic rings. The van der Waals surface area contributed by atoms with Crippen molar-refractivity contribution >= 4 is 39.4 Å². The summed E-state index contributed by atoms with van der Waals surface area (Å²) in [4.78, 5) is 37.5. The topological polar surface area (TPSA) is 171 Å². The Bertz CT molecular complexity index is 1440. The van der Waals surface area contributed by atoms with E-state index in [0.717, 1.165) is 6.42 Å². The summed E-state index contributed by atoms with van der Waals surface area (Å²) in [5.41, 5.74) is 6.79. The summed E-state index contributed by atoms with van der Waals surface area (Å²) < 4.78 is 47.3. The zero-order valence-electron chi connectivity index (χ0n) is 25.4.